The van der Waals surface area contributed by atoms with Gasteiger partial charge >= 0.3 is 0 Å². The molecule has 24 heavy (non-hydrogen) atoms. The van der Waals surface area contributed by atoms with Gasteiger partial charge in [0.15, 0.2) is 0 Å². The molecule has 0 radical (unpaired) electrons. The Morgan fingerprint density at radius 2 is 1.92 bits per heavy atom. The third-order valence-electron chi connectivity index (χ3n) is 7.95. The van der Waals surface area contributed by atoms with E-state index in [0.717, 1.165) is 23.7 Å². The maximum atomic E-state index is 9.65. The highest BCUT2D eigenvalue weighted by Gasteiger charge is 2.57. The molecule has 6 unspecified atom stereocenters. The van der Waals surface area contributed by atoms with Crippen LogP contribution in [0.5, 0.6) is 0 Å². The second kappa shape index (κ2) is 6.91. The summed E-state index contributed by atoms with van der Waals surface area (Å²) in [6, 6.07) is 2.69. The summed E-state index contributed by atoms with van der Waals surface area (Å²) in [7, 11) is 0. The fourth-order valence-electron chi connectivity index (χ4n) is 6.97. The Labute approximate surface area is 148 Å². The van der Waals surface area contributed by atoms with Crippen LogP contribution in [0.3, 0.4) is 0 Å². The van der Waals surface area contributed by atoms with Gasteiger partial charge in [-0.05, 0) is 86.9 Å². The lowest BCUT2D eigenvalue weighted by Crippen LogP contribution is -2.47. The van der Waals surface area contributed by atoms with Crippen molar-refractivity contribution in [2.75, 3.05) is 0 Å². The minimum absolute atomic E-state index is 0.339. The molecule has 0 amide bonds. The molecule has 0 aromatic carbocycles. The van der Waals surface area contributed by atoms with Crippen molar-refractivity contribution in [3.63, 3.8) is 0 Å². The minimum Gasteiger partial charge on any atom is -0.198 e. The summed E-state index contributed by atoms with van der Waals surface area (Å²) in [6.07, 6.45) is 14.1. The van der Waals surface area contributed by atoms with Crippen molar-refractivity contribution in [1.82, 2.24) is 0 Å². The largest absolute Gasteiger partial charge is 0.198 e. The van der Waals surface area contributed by atoms with Crippen molar-refractivity contribution >= 4 is 0 Å². The van der Waals surface area contributed by atoms with Gasteiger partial charge in [0.05, 0.1) is 12.0 Å². The summed E-state index contributed by atoms with van der Waals surface area (Å²) in [5, 5.41) is 9.65. The van der Waals surface area contributed by atoms with E-state index in [1.165, 1.54) is 63.4 Å². The molecule has 3 fully saturated rings. The van der Waals surface area contributed by atoms with Crippen molar-refractivity contribution < 1.29 is 0 Å². The molecule has 130 valence electrons. The van der Waals surface area contributed by atoms with Gasteiger partial charge in [-0.1, -0.05) is 30.7 Å². The fourth-order valence-corrected chi connectivity index (χ4v) is 6.97. The molecular weight excluding hydrogens is 290 g/mol. The molecule has 0 bridgehead atoms. The Bertz CT molecular complexity index is 565. The summed E-state index contributed by atoms with van der Waals surface area (Å²) in [6.45, 7) is 12.5. The van der Waals surface area contributed by atoms with Crippen LogP contribution in [-0.4, -0.2) is 0 Å². The minimum atomic E-state index is 0.339. The molecule has 0 aromatic rings. The number of nitrogens with zero attached hydrogens (tertiary/aromatic N) is 1. The van der Waals surface area contributed by atoms with Crippen LogP contribution in [0.1, 0.15) is 64.7 Å². The molecule has 0 heterocycles. The van der Waals surface area contributed by atoms with E-state index in [2.05, 4.69) is 38.8 Å². The Morgan fingerprint density at radius 3 is 2.62 bits per heavy atom. The first-order chi connectivity index (χ1) is 11.7. The summed E-state index contributed by atoms with van der Waals surface area (Å²) in [4.78, 5) is 0. The third-order valence-corrected chi connectivity index (χ3v) is 7.95. The Hall–Kier alpha value is -1.29. The van der Waals surface area contributed by atoms with Crippen LogP contribution in [0.25, 0.3) is 0 Å². The number of fused-ring (bicyclic) bond motifs is 5. The zero-order valence-corrected chi connectivity index (χ0v) is 15.4. The number of rotatable bonds is 1. The van der Waals surface area contributed by atoms with Gasteiger partial charge in [-0.25, -0.2) is 0 Å². The van der Waals surface area contributed by atoms with E-state index in [1.54, 1.807) is 5.57 Å². The van der Waals surface area contributed by atoms with Gasteiger partial charge in [0.1, 0.15) is 0 Å². The van der Waals surface area contributed by atoms with Crippen molar-refractivity contribution in [2.24, 2.45) is 35.0 Å². The molecule has 1 nitrogen and oxygen atoms in total. The van der Waals surface area contributed by atoms with Crippen LogP contribution in [0.4, 0.5) is 0 Å². The zero-order valence-electron chi connectivity index (χ0n) is 15.4. The smallest absolute Gasteiger partial charge is 0.0661 e. The van der Waals surface area contributed by atoms with Gasteiger partial charge in [0, 0.05) is 0 Å². The number of allylic oxidation sites excluding steroid dienone is 3. The van der Waals surface area contributed by atoms with Crippen LogP contribution in [0, 0.1) is 46.3 Å². The van der Waals surface area contributed by atoms with Crippen molar-refractivity contribution in [2.45, 2.75) is 64.7 Å². The van der Waals surface area contributed by atoms with Crippen molar-refractivity contribution in [3.8, 4) is 6.07 Å². The van der Waals surface area contributed by atoms with Crippen molar-refractivity contribution in [1.29, 1.82) is 5.26 Å². The van der Waals surface area contributed by atoms with Crippen molar-refractivity contribution in [3.05, 3.63) is 37.0 Å². The summed E-state index contributed by atoms with van der Waals surface area (Å²) in [5.41, 5.74) is 3.44. The molecule has 4 aliphatic carbocycles. The highest BCUT2D eigenvalue weighted by molar-refractivity contribution is 5.29. The first-order valence-electron chi connectivity index (χ1n) is 9.97. The van der Waals surface area contributed by atoms with Crippen LogP contribution < -0.4 is 0 Å². The maximum Gasteiger partial charge on any atom is 0.0661 e. The van der Waals surface area contributed by atoms with Crippen LogP contribution in [0.15, 0.2) is 37.0 Å². The van der Waals surface area contributed by atoms with Crippen LogP contribution in [-0.2, 0) is 0 Å². The van der Waals surface area contributed by atoms with Gasteiger partial charge in [0.2, 0.25) is 0 Å². The quantitative estimate of drug-likeness (QED) is 0.509. The van der Waals surface area contributed by atoms with Gasteiger partial charge in [-0.15, -0.1) is 13.2 Å². The molecule has 0 aromatic heterocycles. The molecule has 0 saturated heterocycles. The van der Waals surface area contributed by atoms with E-state index in [9.17, 15) is 5.26 Å². The van der Waals surface area contributed by atoms with E-state index in [-0.39, 0.29) is 0 Å². The monoisotopic (exact) mass is 323 g/mol. The second-order valence-electron chi connectivity index (χ2n) is 8.38. The highest BCUT2D eigenvalue weighted by atomic mass is 14.6. The number of hydrogen-bond acceptors (Lipinski definition) is 1. The Kier molecular flexibility index (Phi) is 5.05. The Balaban J connectivity index is 0.000000815. The number of hydrogen-bond donors (Lipinski definition) is 0. The molecular formula is C23H33N. The molecule has 4 aliphatic rings. The standard InChI is InChI=1S/C21H29N.C2H4/c1-3-21-11-10-18-17-7-4-14(2)12-15(17)5-8-19(18)20(21)9-6-16(21)13-22;1-2/h12,16-20H,2-11H2,1H3;1-2H2. The van der Waals surface area contributed by atoms with Crippen LogP contribution >= 0.6 is 0 Å². The van der Waals surface area contributed by atoms with Gasteiger partial charge < -0.3 is 0 Å². The van der Waals surface area contributed by atoms with E-state index in [4.69, 9.17) is 0 Å². The predicted octanol–water partition coefficient (Wildman–Crippen LogP) is 6.45. The van der Waals surface area contributed by atoms with E-state index in [0.29, 0.717) is 11.3 Å². The van der Waals surface area contributed by atoms with Gasteiger partial charge in [0.25, 0.3) is 0 Å². The van der Waals surface area contributed by atoms with E-state index >= 15 is 0 Å². The lowest BCUT2D eigenvalue weighted by Gasteiger charge is -2.54. The molecule has 4 rings (SSSR count). The summed E-state index contributed by atoms with van der Waals surface area (Å²) >= 11 is 0. The lowest BCUT2D eigenvalue weighted by atomic mass is 9.50. The number of nitriles is 1. The van der Waals surface area contributed by atoms with Crippen LogP contribution in [0.2, 0.25) is 0 Å². The average Bonchev–Trinajstić information content (AvgIpc) is 3.02. The second-order valence-corrected chi connectivity index (χ2v) is 8.38. The Morgan fingerprint density at radius 1 is 1.12 bits per heavy atom. The molecule has 0 N–H and O–H groups in total. The molecule has 1 heteroatoms. The average molecular weight is 324 g/mol. The predicted molar refractivity (Wildman–Crippen MR) is 101 cm³/mol. The first kappa shape index (κ1) is 17.5. The van der Waals surface area contributed by atoms with E-state index in [1.807, 2.05) is 0 Å². The molecule has 6 atom stereocenters. The molecule has 3 saturated carbocycles. The molecule has 0 spiro atoms. The lowest BCUT2D eigenvalue weighted by molar-refractivity contribution is -0.0253. The highest BCUT2D eigenvalue weighted by Crippen LogP contribution is 2.64. The van der Waals surface area contributed by atoms with E-state index < -0.39 is 0 Å². The fraction of sp³-hybridized carbons (Fsp3) is 0.696. The summed E-state index contributed by atoms with van der Waals surface area (Å²) in [5.74, 6) is 3.84. The zero-order chi connectivity index (χ0) is 17.3. The van der Waals surface area contributed by atoms with Gasteiger partial charge in [-0.3, -0.25) is 0 Å². The normalized spacial score (nSPS) is 43.2. The first-order valence-corrected chi connectivity index (χ1v) is 9.97. The van der Waals surface area contributed by atoms with Gasteiger partial charge in [-0.2, -0.15) is 5.26 Å². The summed E-state index contributed by atoms with van der Waals surface area (Å²) < 4.78 is 0. The SMILES string of the molecule is C=C.C=C1C=C2CCC3C(CCC4(CC)C(C#N)CCC34)C2CC1. The topological polar surface area (TPSA) is 23.8 Å². The molecule has 0 aliphatic heterocycles. The maximum absolute atomic E-state index is 9.65. The third kappa shape index (κ3) is 2.50.